The number of hydrogen-bond donors (Lipinski definition) is 2. The molecule has 2 amide bonds. The standard InChI is InChI=1S/C20H17Cl2F3N6O2/c1-18(20(23,24)25)9-30(12-8-26-14-6-13(22)29-31(14)16(12)18)17(32)28-10-5-11(21)15(27-7-10)19(33)3-2-4-19/h5-8,33H,2-4,9H2,1H3,(H,28,32)/t18-/m1/s1. The van der Waals surface area contributed by atoms with Gasteiger partial charge in [-0.25, -0.2) is 14.3 Å². The highest BCUT2D eigenvalue weighted by atomic mass is 35.5. The molecule has 0 spiro atoms. The second-order valence-corrected chi connectivity index (χ2v) is 9.31. The highest BCUT2D eigenvalue weighted by Crippen LogP contribution is 2.50. The van der Waals surface area contributed by atoms with Crippen LogP contribution in [0.2, 0.25) is 10.2 Å². The van der Waals surface area contributed by atoms with Crippen LogP contribution in [-0.2, 0) is 11.0 Å². The summed E-state index contributed by atoms with van der Waals surface area (Å²) in [6.45, 7) is 0.315. The molecule has 3 aromatic heterocycles. The Hall–Kier alpha value is -2.63. The molecule has 1 saturated carbocycles. The molecule has 1 aliphatic heterocycles. The van der Waals surface area contributed by atoms with Gasteiger partial charge >= 0.3 is 12.2 Å². The summed E-state index contributed by atoms with van der Waals surface area (Å²) in [5, 5.41) is 17.1. The van der Waals surface area contributed by atoms with Gasteiger partial charge in [0.2, 0.25) is 0 Å². The van der Waals surface area contributed by atoms with Crippen molar-refractivity contribution in [2.75, 3.05) is 16.8 Å². The summed E-state index contributed by atoms with van der Waals surface area (Å²) in [5.41, 5.74) is -3.16. The number of carbonyl (C=O) groups is 1. The molecule has 1 aliphatic carbocycles. The van der Waals surface area contributed by atoms with E-state index in [0.717, 1.165) is 22.8 Å². The number of hydrogen-bond acceptors (Lipinski definition) is 5. The predicted molar refractivity (Wildman–Crippen MR) is 115 cm³/mol. The van der Waals surface area contributed by atoms with E-state index < -0.39 is 29.8 Å². The molecule has 3 aromatic rings. The van der Waals surface area contributed by atoms with Crippen molar-refractivity contribution in [3.05, 3.63) is 46.1 Å². The number of anilines is 2. The van der Waals surface area contributed by atoms with E-state index in [1.54, 1.807) is 0 Å². The zero-order valence-electron chi connectivity index (χ0n) is 17.1. The summed E-state index contributed by atoms with van der Waals surface area (Å²) in [6.07, 6.45) is -0.268. The molecule has 0 aromatic carbocycles. The number of aromatic nitrogens is 4. The highest BCUT2D eigenvalue weighted by molar-refractivity contribution is 6.31. The lowest BCUT2D eigenvalue weighted by Gasteiger charge is -2.36. The third kappa shape index (κ3) is 3.32. The number of pyridine rings is 1. The lowest BCUT2D eigenvalue weighted by Crippen LogP contribution is -2.46. The number of carbonyl (C=O) groups excluding carboxylic acids is 1. The van der Waals surface area contributed by atoms with Crippen LogP contribution in [0.4, 0.5) is 29.3 Å². The fraction of sp³-hybridized carbons (Fsp3) is 0.400. The lowest BCUT2D eigenvalue weighted by molar-refractivity contribution is -0.181. The largest absolute Gasteiger partial charge is 0.401 e. The minimum absolute atomic E-state index is 0.0164. The maximum absolute atomic E-state index is 14.2. The minimum Gasteiger partial charge on any atom is -0.383 e. The van der Waals surface area contributed by atoms with Crippen molar-refractivity contribution in [3.8, 4) is 0 Å². The molecule has 5 rings (SSSR count). The number of rotatable bonds is 2. The Morgan fingerprint density at radius 2 is 1.94 bits per heavy atom. The second-order valence-electron chi connectivity index (χ2n) is 8.51. The van der Waals surface area contributed by atoms with E-state index in [-0.39, 0.29) is 32.9 Å². The van der Waals surface area contributed by atoms with Gasteiger partial charge in [0.1, 0.15) is 11.0 Å². The topological polar surface area (TPSA) is 95.7 Å². The molecule has 8 nitrogen and oxygen atoms in total. The fourth-order valence-corrected chi connectivity index (χ4v) is 4.80. The zero-order chi connectivity index (χ0) is 23.8. The summed E-state index contributed by atoms with van der Waals surface area (Å²) >= 11 is 12.1. The number of aliphatic hydroxyl groups is 1. The molecule has 1 atom stereocenters. The van der Waals surface area contributed by atoms with Gasteiger partial charge in [-0.1, -0.05) is 23.2 Å². The van der Waals surface area contributed by atoms with Crippen LogP contribution in [0.15, 0.2) is 24.5 Å². The van der Waals surface area contributed by atoms with Gasteiger partial charge in [-0.15, -0.1) is 0 Å². The van der Waals surface area contributed by atoms with E-state index in [2.05, 4.69) is 20.4 Å². The molecule has 2 aliphatic rings. The van der Waals surface area contributed by atoms with Gasteiger partial charge in [0, 0.05) is 12.6 Å². The number of fused-ring (bicyclic) bond motifs is 3. The average molecular weight is 501 g/mol. The van der Waals surface area contributed by atoms with Crippen LogP contribution in [0.1, 0.15) is 37.6 Å². The predicted octanol–water partition coefficient (Wildman–Crippen LogP) is 4.67. The van der Waals surface area contributed by atoms with Crippen molar-refractivity contribution in [1.29, 1.82) is 0 Å². The maximum atomic E-state index is 14.2. The van der Waals surface area contributed by atoms with E-state index in [9.17, 15) is 23.1 Å². The monoisotopic (exact) mass is 500 g/mol. The van der Waals surface area contributed by atoms with E-state index in [0.29, 0.717) is 18.5 Å². The Morgan fingerprint density at radius 3 is 2.55 bits per heavy atom. The number of alkyl halides is 3. The van der Waals surface area contributed by atoms with Crippen molar-refractivity contribution >= 4 is 46.3 Å². The quantitative estimate of drug-likeness (QED) is 0.532. The van der Waals surface area contributed by atoms with Gasteiger partial charge in [-0.3, -0.25) is 9.88 Å². The summed E-state index contributed by atoms with van der Waals surface area (Å²) in [4.78, 5) is 22.3. The first kappa shape index (κ1) is 22.2. The molecule has 33 heavy (non-hydrogen) atoms. The van der Waals surface area contributed by atoms with Crippen molar-refractivity contribution in [1.82, 2.24) is 19.6 Å². The van der Waals surface area contributed by atoms with Crippen LogP contribution in [0.3, 0.4) is 0 Å². The van der Waals surface area contributed by atoms with Gasteiger partial charge in [-0.2, -0.15) is 18.3 Å². The first-order valence-electron chi connectivity index (χ1n) is 10.0. The van der Waals surface area contributed by atoms with Crippen molar-refractivity contribution in [3.63, 3.8) is 0 Å². The van der Waals surface area contributed by atoms with E-state index in [1.807, 2.05) is 0 Å². The Balaban J connectivity index is 1.50. The van der Waals surface area contributed by atoms with Crippen molar-refractivity contribution < 1.29 is 23.1 Å². The molecule has 174 valence electrons. The van der Waals surface area contributed by atoms with E-state index in [4.69, 9.17) is 23.2 Å². The SMILES string of the molecule is C[C@@]1(C(F)(F)F)CN(C(=O)Nc2cnc(C3(O)CCC3)c(Cl)c2)c2cnc3cc(Cl)nn3c21. The van der Waals surface area contributed by atoms with Crippen LogP contribution in [0, 0.1) is 0 Å². The lowest BCUT2D eigenvalue weighted by atomic mass is 9.77. The number of halogens is 5. The van der Waals surface area contributed by atoms with Crippen LogP contribution in [0.25, 0.3) is 5.65 Å². The number of urea groups is 1. The molecule has 4 heterocycles. The zero-order valence-corrected chi connectivity index (χ0v) is 18.6. The normalized spacial score (nSPS) is 21.7. The number of amides is 2. The Morgan fingerprint density at radius 1 is 1.21 bits per heavy atom. The van der Waals surface area contributed by atoms with Crippen LogP contribution >= 0.6 is 23.2 Å². The third-order valence-corrected chi connectivity index (χ3v) is 6.78. The van der Waals surface area contributed by atoms with Gasteiger partial charge in [0.05, 0.1) is 40.2 Å². The molecule has 0 bridgehead atoms. The summed E-state index contributed by atoms with van der Waals surface area (Å²) in [5.74, 6) is 0. The number of nitrogens with one attached hydrogen (secondary N) is 1. The Labute approximate surface area is 195 Å². The smallest absolute Gasteiger partial charge is 0.383 e. The molecule has 2 N–H and O–H groups in total. The minimum atomic E-state index is -4.69. The highest BCUT2D eigenvalue weighted by Gasteiger charge is 2.60. The summed E-state index contributed by atoms with van der Waals surface area (Å²) in [6, 6.07) is 1.93. The van der Waals surface area contributed by atoms with Crippen LogP contribution < -0.4 is 10.2 Å². The Bertz CT molecular complexity index is 1290. The molecular formula is C20H17Cl2F3N6O2. The molecule has 0 radical (unpaired) electrons. The third-order valence-electron chi connectivity index (χ3n) is 6.31. The molecule has 13 heteroatoms. The molecule has 1 fully saturated rings. The summed E-state index contributed by atoms with van der Waals surface area (Å²) < 4.78 is 43.5. The van der Waals surface area contributed by atoms with Gasteiger partial charge < -0.3 is 10.4 Å². The number of nitrogens with zero attached hydrogens (tertiary/aromatic N) is 5. The van der Waals surface area contributed by atoms with Gasteiger partial charge in [0.25, 0.3) is 0 Å². The molecule has 0 unspecified atom stereocenters. The molecule has 0 saturated heterocycles. The summed E-state index contributed by atoms with van der Waals surface area (Å²) in [7, 11) is 0. The van der Waals surface area contributed by atoms with Crippen molar-refractivity contribution in [2.24, 2.45) is 0 Å². The van der Waals surface area contributed by atoms with Gasteiger partial charge in [-0.05, 0) is 32.3 Å². The average Bonchev–Trinajstić information content (AvgIpc) is 3.23. The van der Waals surface area contributed by atoms with Crippen LogP contribution in [0.5, 0.6) is 0 Å². The first-order valence-corrected chi connectivity index (χ1v) is 10.8. The maximum Gasteiger partial charge on any atom is 0.401 e. The van der Waals surface area contributed by atoms with E-state index >= 15 is 0 Å². The Kier molecular flexibility index (Phi) is 4.83. The van der Waals surface area contributed by atoms with Gasteiger partial charge in [0.15, 0.2) is 10.8 Å². The van der Waals surface area contributed by atoms with Crippen molar-refractivity contribution in [2.45, 2.75) is 43.4 Å². The molecular weight excluding hydrogens is 484 g/mol. The van der Waals surface area contributed by atoms with Crippen LogP contribution in [-0.4, -0.2) is 43.4 Å². The second kappa shape index (κ2) is 7.18. The first-order chi connectivity index (χ1) is 15.4. The van der Waals surface area contributed by atoms with E-state index in [1.165, 1.54) is 24.5 Å². The fourth-order valence-electron chi connectivity index (χ4n) is 4.28.